The summed E-state index contributed by atoms with van der Waals surface area (Å²) in [7, 11) is 0. The van der Waals surface area contributed by atoms with Crippen molar-refractivity contribution in [3.63, 3.8) is 0 Å². The maximum atomic E-state index is 12.0. The number of hydrogen-bond acceptors (Lipinski definition) is 1. The molecule has 0 aromatic carbocycles. The van der Waals surface area contributed by atoms with E-state index in [9.17, 15) is 18.0 Å². The van der Waals surface area contributed by atoms with E-state index in [-0.39, 0.29) is 0 Å². The highest BCUT2D eigenvalue weighted by Crippen LogP contribution is 2.25. The topological polar surface area (TPSA) is 17.1 Å². The largest absolute Gasteiger partial charge is 0.281 e. The Hall–Kier alpha value is -0.250. The molecule has 0 N–H and O–H groups in total. The fraction of sp³-hybridized carbons (Fsp3) is 0.833. The van der Waals surface area contributed by atoms with Gasteiger partial charge in [0.15, 0.2) is 0 Å². The van der Waals surface area contributed by atoms with Gasteiger partial charge in [0, 0.05) is 6.42 Å². The van der Waals surface area contributed by atoms with Crippen molar-refractivity contribution in [1.82, 2.24) is 0 Å². The van der Waals surface area contributed by atoms with Gasteiger partial charge < -0.3 is 0 Å². The van der Waals surface area contributed by atoms with Crippen LogP contribution in [0.1, 0.15) is 6.42 Å². The summed E-state index contributed by atoms with van der Waals surface area (Å²) < 4.78 is 35.9. The normalized spacial score (nSPS) is 11.6. The van der Waals surface area contributed by atoms with E-state index in [0.29, 0.717) is 0 Å². The van der Waals surface area contributed by atoms with Gasteiger partial charge in [0.2, 0.25) is 5.24 Å². The maximum absolute atomic E-state index is 12.0. The Balaban J connectivity index is 4.16. The third-order valence-corrected chi connectivity index (χ3v) is 1.50. The van der Waals surface area contributed by atoms with Crippen LogP contribution >= 0.6 is 11.6 Å². The van der Waals surface area contributed by atoms with Crippen molar-refractivity contribution in [2.75, 3.05) is 20.0 Å². The second kappa shape index (κ2) is 4.59. The first-order valence-corrected chi connectivity index (χ1v) is 3.34. The van der Waals surface area contributed by atoms with Gasteiger partial charge in [-0.25, -0.2) is 0 Å². The van der Waals surface area contributed by atoms with E-state index in [1.807, 2.05) is 0 Å². The third-order valence-electron chi connectivity index (χ3n) is 1.36. The summed E-state index contributed by atoms with van der Waals surface area (Å²) in [4.78, 5) is 10.2. The van der Waals surface area contributed by atoms with Crippen molar-refractivity contribution in [3.8, 4) is 0 Å². The number of rotatable bonds is 5. The van der Waals surface area contributed by atoms with Crippen molar-refractivity contribution in [1.29, 1.82) is 0 Å². The lowest BCUT2D eigenvalue weighted by Gasteiger charge is -2.21. The molecule has 0 rings (SSSR count). The van der Waals surface area contributed by atoms with Crippen molar-refractivity contribution in [3.05, 3.63) is 0 Å². The Morgan fingerprint density at radius 2 is 1.55 bits per heavy atom. The van der Waals surface area contributed by atoms with Crippen LogP contribution in [-0.4, -0.2) is 25.3 Å². The Morgan fingerprint density at radius 3 is 1.64 bits per heavy atom. The first-order chi connectivity index (χ1) is 5.10. The van der Waals surface area contributed by atoms with Gasteiger partial charge in [-0.15, -0.1) is 0 Å². The summed E-state index contributed by atoms with van der Waals surface area (Å²) >= 11 is 4.86. The van der Waals surface area contributed by atoms with E-state index in [1.54, 1.807) is 0 Å². The highest BCUT2D eigenvalue weighted by atomic mass is 35.5. The molecule has 0 aliphatic rings. The maximum Gasteiger partial charge on any atom is 0.222 e. The van der Waals surface area contributed by atoms with E-state index >= 15 is 0 Å². The fourth-order valence-corrected chi connectivity index (χ4v) is 0.827. The van der Waals surface area contributed by atoms with Crippen LogP contribution in [0.25, 0.3) is 0 Å². The Labute approximate surface area is 67.5 Å². The predicted octanol–water partition coefficient (Wildman–Crippen LogP) is 2.04. The Morgan fingerprint density at radius 1 is 1.18 bits per heavy atom. The fourth-order valence-electron chi connectivity index (χ4n) is 0.544. The van der Waals surface area contributed by atoms with E-state index in [1.165, 1.54) is 0 Å². The van der Waals surface area contributed by atoms with Crippen LogP contribution in [0.2, 0.25) is 0 Å². The van der Waals surface area contributed by atoms with E-state index in [2.05, 4.69) is 0 Å². The molecule has 0 bridgehead atoms. The molecule has 0 saturated heterocycles. The van der Waals surface area contributed by atoms with Crippen LogP contribution in [0.15, 0.2) is 0 Å². The summed E-state index contributed by atoms with van der Waals surface area (Å²) in [5.74, 6) is 0. The number of hydrogen-bond donors (Lipinski definition) is 0. The number of carbonyl (C=O) groups is 1. The second-order valence-electron chi connectivity index (χ2n) is 2.43. The molecule has 0 unspecified atom stereocenters. The molecule has 1 nitrogen and oxygen atoms in total. The standard InChI is InChI=1S/C6H8ClF3O/c7-5(11)1-6(2-8,3-9)4-10/h1-4H2. The molecule has 0 aliphatic carbocycles. The van der Waals surface area contributed by atoms with Crippen molar-refractivity contribution in [2.24, 2.45) is 5.41 Å². The van der Waals surface area contributed by atoms with E-state index in [4.69, 9.17) is 11.6 Å². The van der Waals surface area contributed by atoms with E-state index in [0.717, 1.165) is 0 Å². The van der Waals surface area contributed by atoms with Crippen LogP contribution in [0.4, 0.5) is 13.2 Å². The highest BCUT2D eigenvalue weighted by Gasteiger charge is 2.33. The molecule has 0 fully saturated rings. The van der Waals surface area contributed by atoms with Crippen molar-refractivity contribution < 1.29 is 18.0 Å². The van der Waals surface area contributed by atoms with Crippen LogP contribution in [-0.2, 0) is 4.79 Å². The summed E-state index contributed by atoms with van der Waals surface area (Å²) in [6, 6.07) is 0. The third kappa shape index (κ3) is 3.10. The summed E-state index contributed by atoms with van der Waals surface area (Å²) in [5, 5.41) is -0.919. The summed E-state index contributed by atoms with van der Waals surface area (Å²) in [6.07, 6.45) is -0.599. The van der Waals surface area contributed by atoms with E-state index < -0.39 is 37.1 Å². The molecule has 0 atom stereocenters. The molecular formula is C6H8ClF3O. The Bertz CT molecular complexity index is 128. The van der Waals surface area contributed by atoms with Gasteiger partial charge in [0.1, 0.15) is 20.0 Å². The molecule has 5 heteroatoms. The molecule has 0 saturated carbocycles. The quantitative estimate of drug-likeness (QED) is 0.604. The molecule has 0 aliphatic heterocycles. The van der Waals surface area contributed by atoms with Crippen molar-refractivity contribution in [2.45, 2.75) is 6.42 Å². The molecule has 0 amide bonds. The molecule has 0 spiro atoms. The van der Waals surface area contributed by atoms with Crippen LogP contribution < -0.4 is 0 Å². The van der Waals surface area contributed by atoms with Crippen LogP contribution in [0.3, 0.4) is 0 Å². The SMILES string of the molecule is O=C(Cl)CC(CF)(CF)CF. The molecule has 66 valence electrons. The van der Waals surface area contributed by atoms with Gasteiger partial charge in [-0.05, 0) is 11.6 Å². The molecular weight excluding hydrogens is 181 g/mol. The van der Waals surface area contributed by atoms with Crippen LogP contribution in [0, 0.1) is 5.41 Å². The highest BCUT2D eigenvalue weighted by molar-refractivity contribution is 6.63. The first-order valence-electron chi connectivity index (χ1n) is 2.96. The lowest BCUT2D eigenvalue weighted by Crippen LogP contribution is -2.30. The zero-order valence-corrected chi connectivity index (χ0v) is 6.50. The molecule has 0 aromatic rings. The summed E-state index contributed by atoms with van der Waals surface area (Å²) in [5.41, 5.74) is -1.83. The molecule has 11 heavy (non-hydrogen) atoms. The minimum absolute atomic E-state index is 0.599. The average molecular weight is 189 g/mol. The molecule has 0 heterocycles. The van der Waals surface area contributed by atoms with Gasteiger partial charge in [-0.1, -0.05) is 0 Å². The van der Waals surface area contributed by atoms with Gasteiger partial charge in [-0.2, -0.15) is 0 Å². The van der Waals surface area contributed by atoms with Gasteiger partial charge in [0.05, 0.1) is 5.41 Å². The zero-order chi connectivity index (χ0) is 8.91. The Kier molecular flexibility index (Phi) is 4.49. The first kappa shape index (κ1) is 10.8. The monoisotopic (exact) mass is 188 g/mol. The number of carbonyl (C=O) groups excluding carboxylic acids is 1. The van der Waals surface area contributed by atoms with Crippen molar-refractivity contribution >= 4 is 16.8 Å². The minimum Gasteiger partial charge on any atom is -0.281 e. The molecule has 0 radical (unpaired) electrons. The predicted molar refractivity (Wildman–Crippen MR) is 35.8 cm³/mol. The van der Waals surface area contributed by atoms with Gasteiger partial charge in [-0.3, -0.25) is 18.0 Å². The number of alkyl halides is 3. The smallest absolute Gasteiger partial charge is 0.222 e. The van der Waals surface area contributed by atoms with Gasteiger partial charge in [0.25, 0.3) is 0 Å². The lowest BCUT2D eigenvalue weighted by molar-refractivity contribution is -0.114. The van der Waals surface area contributed by atoms with Gasteiger partial charge >= 0.3 is 0 Å². The zero-order valence-electron chi connectivity index (χ0n) is 5.75. The van der Waals surface area contributed by atoms with Crippen LogP contribution in [0.5, 0.6) is 0 Å². The lowest BCUT2D eigenvalue weighted by atomic mass is 9.90. The summed E-state index contributed by atoms with van der Waals surface area (Å²) in [6.45, 7) is -3.63. The average Bonchev–Trinajstić information content (AvgIpc) is 2.00. The molecule has 0 aromatic heterocycles. The minimum atomic E-state index is -1.83. The second-order valence-corrected chi connectivity index (χ2v) is 2.85. The number of halogens is 4.